The third-order valence-electron chi connectivity index (χ3n) is 1.93. The number of hydrogen-bond acceptors (Lipinski definition) is 4. The van der Waals surface area contributed by atoms with Crippen LogP contribution in [0, 0.1) is 11.3 Å². The molecule has 1 heterocycles. The fourth-order valence-corrected chi connectivity index (χ4v) is 3.22. The van der Waals surface area contributed by atoms with Crippen molar-refractivity contribution >= 4 is 45.8 Å². The van der Waals surface area contributed by atoms with E-state index in [4.69, 9.17) is 5.26 Å². The summed E-state index contributed by atoms with van der Waals surface area (Å²) in [5.41, 5.74) is 0. The van der Waals surface area contributed by atoms with E-state index in [-0.39, 0.29) is 0 Å². The number of thiophene rings is 1. The van der Waals surface area contributed by atoms with Crippen molar-refractivity contribution in [2.75, 3.05) is 6.26 Å². The van der Waals surface area contributed by atoms with Gasteiger partial charge in [-0.3, -0.25) is 0 Å². The fraction of sp³-hybridized carbons (Fsp3) is 0.100. The SMILES string of the molecule is CSc1cc2cc(C#N)sc2cc1S. The minimum absolute atomic E-state index is 0.756. The van der Waals surface area contributed by atoms with Gasteiger partial charge in [-0.1, -0.05) is 0 Å². The Balaban J connectivity index is 2.71. The molecule has 14 heavy (non-hydrogen) atoms. The zero-order valence-electron chi connectivity index (χ0n) is 7.44. The molecule has 2 aromatic rings. The van der Waals surface area contributed by atoms with Crippen LogP contribution in [0.1, 0.15) is 4.88 Å². The standard InChI is InChI=1S/C10H7NS3/c1-13-10-3-6-2-7(5-11)14-9(6)4-8(10)12/h2-4,12H,1H3. The second-order valence-corrected chi connectivity index (χ2v) is 5.20. The smallest absolute Gasteiger partial charge is 0.110 e. The Bertz CT molecular complexity index is 522. The van der Waals surface area contributed by atoms with E-state index in [0.29, 0.717) is 0 Å². The summed E-state index contributed by atoms with van der Waals surface area (Å²) in [5.74, 6) is 0. The Morgan fingerprint density at radius 1 is 1.43 bits per heavy atom. The molecule has 0 atom stereocenters. The quantitative estimate of drug-likeness (QED) is 0.602. The summed E-state index contributed by atoms with van der Waals surface area (Å²) in [6.07, 6.45) is 2.03. The third-order valence-corrected chi connectivity index (χ3v) is 4.23. The number of nitriles is 1. The first-order valence-corrected chi connectivity index (χ1v) is 6.44. The second-order valence-electron chi connectivity index (χ2n) is 2.78. The molecule has 0 fully saturated rings. The van der Waals surface area contributed by atoms with Crippen LogP contribution in [-0.4, -0.2) is 6.26 Å². The molecule has 2 rings (SSSR count). The first-order valence-electron chi connectivity index (χ1n) is 3.95. The molecule has 0 saturated heterocycles. The van der Waals surface area contributed by atoms with Crippen LogP contribution >= 0.6 is 35.7 Å². The van der Waals surface area contributed by atoms with Crippen LogP contribution < -0.4 is 0 Å². The molecule has 0 saturated carbocycles. The van der Waals surface area contributed by atoms with Crippen LogP contribution in [-0.2, 0) is 0 Å². The Morgan fingerprint density at radius 3 is 2.86 bits per heavy atom. The molecule has 1 nitrogen and oxygen atoms in total. The highest BCUT2D eigenvalue weighted by Gasteiger charge is 2.05. The van der Waals surface area contributed by atoms with Crippen molar-refractivity contribution in [3.8, 4) is 6.07 Å². The van der Waals surface area contributed by atoms with Gasteiger partial charge in [0.1, 0.15) is 10.9 Å². The molecule has 0 unspecified atom stereocenters. The lowest BCUT2D eigenvalue weighted by molar-refractivity contribution is 1.30. The van der Waals surface area contributed by atoms with Crippen LogP contribution in [0.4, 0.5) is 0 Å². The monoisotopic (exact) mass is 237 g/mol. The molecule has 0 aliphatic carbocycles. The van der Waals surface area contributed by atoms with E-state index < -0.39 is 0 Å². The molecule has 0 radical (unpaired) electrons. The Hall–Kier alpha value is -0.630. The van der Waals surface area contributed by atoms with E-state index in [0.717, 1.165) is 24.8 Å². The molecule has 0 bridgehead atoms. The number of rotatable bonds is 1. The Labute approximate surface area is 96.2 Å². The number of thiol groups is 1. The van der Waals surface area contributed by atoms with Gasteiger partial charge in [0.05, 0.1) is 0 Å². The second kappa shape index (κ2) is 3.85. The average molecular weight is 237 g/mol. The number of benzene rings is 1. The van der Waals surface area contributed by atoms with E-state index in [2.05, 4.69) is 24.8 Å². The molecule has 0 aliphatic heterocycles. The van der Waals surface area contributed by atoms with Gasteiger partial charge in [-0.2, -0.15) is 5.26 Å². The van der Waals surface area contributed by atoms with E-state index in [1.54, 1.807) is 11.8 Å². The van der Waals surface area contributed by atoms with Gasteiger partial charge in [0.15, 0.2) is 0 Å². The van der Waals surface area contributed by atoms with Crippen molar-refractivity contribution < 1.29 is 0 Å². The minimum Gasteiger partial charge on any atom is -0.192 e. The summed E-state index contributed by atoms with van der Waals surface area (Å²) >= 11 is 7.58. The summed E-state index contributed by atoms with van der Waals surface area (Å²) in [4.78, 5) is 2.89. The van der Waals surface area contributed by atoms with Crippen molar-refractivity contribution in [1.82, 2.24) is 0 Å². The lowest BCUT2D eigenvalue weighted by Gasteiger charge is -2.00. The van der Waals surface area contributed by atoms with Gasteiger partial charge in [-0.15, -0.1) is 35.7 Å². The Morgan fingerprint density at radius 2 is 2.21 bits per heavy atom. The van der Waals surface area contributed by atoms with E-state index in [1.165, 1.54) is 11.3 Å². The molecule has 1 aromatic carbocycles. The maximum Gasteiger partial charge on any atom is 0.110 e. The van der Waals surface area contributed by atoms with Crippen LogP contribution in [0.5, 0.6) is 0 Å². The molecule has 0 aliphatic rings. The first kappa shape index (κ1) is 9.91. The molecule has 0 N–H and O–H groups in total. The summed E-state index contributed by atoms with van der Waals surface area (Å²) in [6.45, 7) is 0. The van der Waals surface area contributed by atoms with Crippen LogP contribution in [0.15, 0.2) is 28.0 Å². The van der Waals surface area contributed by atoms with Gasteiger partial charge in [0.2, 0.25) is 0 Å². The van der Waals surface area contributed by atoms with Gasteiger partial charge in [0, 0.05) is 14.5 Å². The molecular formula is C10H7NS3. The summed E-state index contributed by atoms with van der Waals surface area (Å²) in [5, 5.41) is 9.90. The highest BCUT2D eigenvalue weighted by molar-refractivity contribution is 7.99. The Kier molecular flexibility index (Phi) is 2.73. The highest BCUT2D eigenvalue weighted by Crippen LogP contribution is 2.33. The minimum atomic E-state index is 0.756. The van der Waals surface area contributed by atoms with Gasteiger partial charge >= 0.3 is 0 Å². The number of fused-ring (bicyclic) bond motifs is 1. The molecule has 4 heteroatoms. The van der Waals surface area contributed by atoms with Gasteiger partial charge in [-0.05, 0) is 29.8 Å². The third kappa shape index (κ3) is 1.63. The maximum atomic E-state index is 8.77. The van der Waals surface area contributed by atoms with E-state index in [1.807, 2.05) is 18.4 Å². The van der Waals surface area contributed by atoms with E-state index in [9.17, 15) is 0 Å². The highest BCUT2D eigenvalue weighted by atomic mass is 32.2. The molecule has 70 valence electrons. The topological polar surface area (TPSA) is 23.8 Å². The van der Waals surface area contributed by atoms with Crippen LogP contribution in [0.2, 0.25) is 0 Å². The average Bonchev–Trinajstić information content (AvgIpc) is 2.58. The largest absolute Gasteiger partial charge is 0.192 e. The first-order chi connectivity index (χ1) is 6.74. The number of hydrogen-bond donors (Lipinski definition) is 1. The molecule has 0 spiro atoms. The van der Waals surface area contributed by atoms with Gasteiger partial charge < -0.3 is 0 Å². The summed E-state index contributed by atoms with van der Waals surface area (Å²) in [7, 11) is 0. The normalized spacial score (nSPS) is 10.4. The van der Waals surface area contributed by atoms with Crippen molar-refractivity contribution in [2.45, 2.75) is 9.79 Å². The molecule has 0 amide bonds. The van der Waals surface area contributed by atoms with Crippen molar-refractivity contribution in [3.63, 3.8) is 0 Å². The number of thioether (sulfide) groups is 1. The molecule has 1 aromatic heterocycles. The number of nitrogens with zero attached hydrogens (tertiary/aromatic N) is 1. The van der Waals surface area contributed by atoms with Crippen molar-refractivity contribution in [1.29, 1.82) is 5.26 Å². The predicted molar refractivity (Wildman–Crippen MR) is 65.6 cm³/mol. The lowest BCUT2D eigenvalue weighted by Crippen LogP contribution is -1.72. The molecular weight excluding hydrogens is 230 g/mol. The van der Waals surface area contributed by atoms with Crippen molar-refractivity contribution in [3.05, 3.63) is 23.1 Å². The van der Waals surface area contributed by atoms with Gasteiger partial charge in [-0.25, -0.2) is 0 Å². The van der Waals surface area contributed by atoms with Crippen LogP contribution in [0.25, 0.3) is 10.1 Å². The predicted octanol–water partition coefficient (Wildman–Crippen LogP) is 3.78. The van der Waals surface area contributed by atoms with Crippen molar-refractivity contribution in [2.24, 2.45) is 0 Å². The zero-order chi connectivity index (χ0) is 10.1. The van der Waals surface area contributed by atoms with Crippen LogP contribution in [0.3, 0.4) is 0 Å². The lowest BCUT2D eigenvalue weighted by atomic mass is 10.2. The fourth-order valence-electron chi connectivity index (χ4n) is 1.27. The zero-order valence-corrected chi connectivity index (χ0v) is 9.97. The maximum absolute atomic E-state index is 8.77. The summed E-state index contributed by atoms with van der Waals surface area (Å²) < 4.78 is 1.13. The van der Waals surface area contributed by atoms with Gasteiger partial charge in [0.25, 0.3) is 0 Å². The van der Waals surface area contributed by atoms with E-state index >= 15 is 0 Å². The summed E-state index contributed by atoms with van der Waals surface area (Å²) in [6, 6.07) is 8.19.